The molecule has 0 aliphatic carbocycles. The van der Waals surface area contributed by atoms with Crippen LogP contribution in [0.5, 0.6) is 0 Å². The molecule has 1 aliphatic rings. The van der Waals surface area contributed by atoms with Crippen molar-refractivity contribution in [2.75, 3.05) is 39.3 Å². The first-order valence-electron chi connectivity index (χ1n) is 29.2. The van der Waals surface area contributed by atoms with Crippen molar-refractivity contribution < 1.29 is 48.6 Å². The quantitative estimate of drug-likeness (QED) is 0.0252. The van der Waals surface area contributed by atoms with E-state index in [1.54, 1.807) is 0 Å². The molecular weight excluding hydrogens is 1020 g/mol. The number of rotatable bonds is 44. The predicted octanol–water partition coefficient (Wildman–Crippen LogP) is 1.88. The van der Waals surface area contributed by atoms with Crippen molar-refractivity contribution in [1.29, 1.82) is 0 Å². The van der Waals surface area contributed by atoms with Crippen molar-refractivity contribution in [3.8, 4) is 0 Å². The highest BCUT2D eigenvalue weighted by Crippen LogP contribution is 2.19. The minimum Gasteiger partial charge on any atom is -0.480 e. The molecule has 24 nitrogen and oxygen atoms in total. The van der Waals surface area contributed by atoms with Gasteiger partial charge in [-0.2, -0.15) is 0 Å². The Kier molecular flexibility index (Phi) is 35.3. The van der Waals surface area contributed by atoms with Gasteiger partial charge in [0.15, 0.2) is 5.96 Å². The molecule has 1 saturated heterocycles. The molecule has 0 bridgehead atoms. The molecule has 1 aromatic rings. The van der Waals surface area contributed by atoms with E-state index in [1.165, 1.54) is 76.7 Å². The average molecular weight is 1120 g/mol. The SMILES string of the molecule is CCCCCCCCCCCCCCCNCC(=O)N[C@@H](CC(C)C)C(=O)N[C@@H](CC(C)C)C(=O)N[C@@H](CCCN=C(N)N)C(=O)N[C@H](CCCCN)C(=O)N[C@@H](Cc1cnc[nH]1)C(=O)N[C@@H](CO)C(=O)N1CCC[C@H]1C(=O)O. The van der Waals surface area contributed by atoms with Gasteiger partial charge in [-0.1, -0.05) is 112 Å². The summed E-state index contributed by atoms with van der Waals surface area (Å²) in [5.74, 6) is -6.35. The van der Waals surface area contributed by atoms with Crippen LogP contribution in [-0.2, 0) is 44.8 Å². The molecule has 0 spiro atoms. The Bertz CT molecular complexity index is 1990. The number of carboxylic acids is 1. The van der Waals surface area contributed by atoms with Crippen LogP contribution >= 0.6 is 0 Å². The molecule has 0 unspecified atom stereocenters. The Morgan fingerprint density at radius 1 is 0.671 bits per heavy atom. The van der Waals surface area contributed by atoms with Crippen molar-refractivity contribution in [2.24, 2.45) is 34.0 Å². The third-order valence-electron chi connectivity index (χ3n) is 13.8. The largest absolute Gasteiger partial charge is 0.480 e. The summed E-state index contributed by atoms with van der Waals surface area (Å²) in [6.45, 7) is 10.1. The van der Waals surface area contributed by atoms with E-state index >= 15 is 0 Å². The third kappa shape index (κ3) is 29.2. The van der Waals surface area contributed by atoms with E-state index in [0.717, 1.165) is 24.2 Å². The van der Waals surface area contributed by atoms with Crippen LogP contribution in [-0.4, -0.2) is 160 Å². The summed E-state index contributed by atoms with van der Waals surface area (Å²) in [5, 5.41) is 39.4. The van der Waals surface area contributed by atoms with Gasteiger partial charge in [0.25, 0.3) is 0 Å². The molecule has 16 N–H and O–H groups in total. The van der Waals surface area contributed by atoms with Gasteiger partial charge in [-0.05, 0) is 89.1 Å². The number of aromatic nitrogens is 2. The van der Waals surface area contributed by atoms with Gasteiger partial charge < -0.3 is 74.5 Å². The first-order chi connectivity index (χ1) is 37.8. The average Bonchev–Trinajstić information content (AvgIpc) is 4.13. The number of carbonyl (C=O) groups is 8. The number of imidazole rings is 1. The number of nitrogens with one attached hydrogen (secondary N) is 8. The molecule has 79 heavy (non-hydrogen) atoms. The molecule has 1 fully saturated rings. The summed E-state index contributed by atoms with van der Waals surface area (Å²) in [6.07, 6.45) is 20.9. The van der Waals surface area contributed by atoms with E-state index in [2.05, 4.69) is 59.1 Å². The monoisotopic (exact) mass is 1120 g/mol. The number of aliphatic hydroxyl groups excluding tert-OH is 1. The summed E-state index contributed by atoms with van der Waals surface area (Å²) in [4.78, 5) is 121. The summed E-state index contributed by atoms with van der Waals surface area (Å²) in [7, 11) is 0. The summed E-state index contributed by atoms with van der Waals surface area (Å²) in [5.41, 5.74) is 17.3. The van der Waals surface area contributed by atoms with E-state index in [1.807, 2.05) is 27.7 Å². The lowest BCUT2D eigenvalue weighted by Gasteiger charge is -2.29. The second kappa shape index (κ2) is 40.3. The van der Waals surface area contributed by atoms with Gasteiger partial charge in [-0.15, -0.1) is 0 Å². The number of aromatic amines is 1. The lowest BCUT2D eigenvalue weighted by Crippen LogP contribution is -2.60. The summed E-state index contributed by atoms with van der Waals surface area (Å²) >= 11 is 0. The number of carboxylic acid groups (broad SMARTS) is 1. The van der Waals surface area contributed by atoms with Gasteiger partial charge >= 0.3 is 5.97 Å². The van der Waals surface area contributed by atoms with Crippen LogP contribution in [0.4, 0.5) is 0 Å². The molecule has 2 rings (SSSR count). The molecule has 0 aromatic carbocycles. The Balaban J connectivity index is 2.22. The number of carbonyl (C=O) groups excluding carboxylic acids is 7. The zero-order valence-corrected chi connectivity index (χ0v) is 48.1. The topological polar surface area (TPSA) is 384 Å². The van der Waals surface area contributed by atoms with Crippen molar-refractivity contribution in [3.05, 3.63) is 18.2 Å². The molecule has 7 amide bonds. The molecule has 0 saturated carbocycles. The van der Waals surface area contributed by atoms with E-state index < -0.39 is 90.3 Å². The second-order valence-corrected chi connectivity index (χ2v) is 21.8. The molecular formula is C55H100N14O10. The molecule has 450 valence electrons. The Morgan fingerprint density at radius 3 is 1.67 bits per heavy atom. The van der Waals surface area contributed by atoms with Gasteiger partial charge in [0, 0.05) is 31.4 Å². The molecule has 0 radical (unpaired) electrons. The highest BCUT2D eigenvalue weighted by atomic mass is 16.4. The van der Waals surface area contributed by atoms with Crippen molar-refractivity contribution in [1.82, 2.24) is 52.1 Å². The van der Waals surface area contributed by atoms with E-state index in [-0.39, 0.29) is 88.4 Å². The molecule has 1 aliphatic heterocycles. The number of nitrogens with zero attached hydrogens (tertiary/aromatic N) is 3. The standard InChI is InChI=1S/C55H100N14O10/c1-6-7-8-9-10-11-12-13-14-15-16-17-20-27-59-34-47(71)63-42(30-37(2)3)50(74)66-43(31-38(4)5)51(75)65-41(24-21-28-61-55(57)58)48(72)64-40(23-18-19-26-56)49(73)67-44(32-39-33-60-36-62-39)52(76)68-45(35-70)53(77)69-29-22-25-46(69)54(78)79/h33,36-38,40-46,59,70H,6-32,34-35,56H2,1-5H3,(H,60,62)(H,63,71)(H,64,72)(H,65,75)(H,66,74)(H,67,73)(H,68,76)(H,78,79)(H4,57,58,61)/t40-,41+,42+,43+,44+,45+,46+/m1/s1. The number of hydrogen-bond acceptors (Lipinski definition) is 13. The zero-order chi connectivity index (χ0) is 58.5. The highest BCUT2D eigenvalue weighted by Gasteiger charge is 2.39. The molecule has 2 heterocycles. The summed E-state index contributed by atoms with van der Waals surface area (Å²) < 4.78 is 0. The minimum atomic E-state index is -1.54. The minimum absolute atomic E-state index is 0.00520. The fourth-order valence-corrected chi connectivity index (χ4v) is 9.51. The smallest absolute Gasteiger partial charge is 0.326 e. The highest BCUT2D eigenvalue weighted by molar-refractivity contribution is 5.97. The Morgan fingerprint density at radius 2 is 1.16 bits per heavy atom. The normalized spacial score (nSPS) is 15.6. The van der Waals surface area contributed by atoms with Crippen LogP contribution in [0.15, 0.2) is 17.5 Å². The van der Waals surface area contributed by atoms with Gasteiger partial charge in [0.05, 0.1) is 19.5 Å². The predicted molar refractivity (Wildman–Crippen MR) is 304 cm³/mol. The van der Waals surface area contributed by atoms with E-state index in [4.69, 9.17) is 17.2 Å². The van der Waals surface area contributed by atoms with E-state index in [9.17, 15) is 48.6 Å². The number of likely N-dealkylation sites (tertiary alicyclic amines) is 1. The molecule has 1 aromatic heterocycles. The van der Waals surface area contributed by atoms with Gasteiger partial charge in [-0.25, -0.2) is 9.78 Å². The summed E-state index contributed by atoms with van der Waals surface area (Å²) in [6, 6.07) is -8.74. The maximum absolute atomic E-state index is 14.4. The first-order valence-corrected chi connectivity index (χ1v) is 29.2. The number of nitrogens with two attached hydrogens (primary N) is 3. The number of hydrogen-bond donors (Lipinski definition) is 13. The fraction of sp³-hybridized carbons (Fsp3) is 0.782. The van der Waals surface area contributed by atoms with Crippen LogP contribution in [0, 0.1) is 11.8 Å². The van der Waals surface area contributed by atoms with Gasteiger partial charge in [-0.3, -0.25) is 38.6 Å². The van der Waals surface area contributed by atoms with Crippen LogP contribution in [0.2, 0.25) is 0 Å². The van der Waals surface area contributed by atoms with Crippen LogP contribution < -0.4 is 54.4 Å². The number of aliphatic imine (C=N–C) groups is 1. The number of unbranched alkanes of at least 4 members (excludes halogenated alkanes) is 13. The maximum atomic E-state index is 14.4. The van der Waals surface area contributed by atoms with Crippen LogP contribution in [0.25, 0.3) is 0 Å². The van der Waals surface area contributed by atoms with Crippen molar-refractivity contribution in [3.63, 3.8) is 0 Å². The molecule has 24 heteroatoms. The van der Waals surface area contributed by atoms with Crippen molar-refractivity contribution in [2.45, 2.75) is 225 Å². The Hall–Kier alpha value is -5.88. The maximum Gasteiger partial charge on any atom is 0.326 e. The number of H-pyrrole nitrogens is 1. The Labute approximate surface area is 468 Å². The number of guanidine groups is 1. The van der Waals surface area contributed by atoms with E-state index in [0.29, 0.717) is 37.9 Å². The van der Waals surface area contributed by atoms with Crippen LogP contribution in [0.3, 0.4) is 0 Å². The second-order valence-electron chi connectivity index (χ2n) is 21.8. The third-order valence-corrected chi connectivity index (χ3v) is 13.8. The van der Waals surface area contributed by atoms with Gasteiger partial charge in [0.2, 0.25) is 41.4 Å². The fourth-order valence-electron chi connectivity index (χ4n) is 9.51. The lowest BCUT2D eigenvalue weighted by atomic mass is 9.99. The van der Waals surface area contributed by atoms with Gasteiger partial charge in [0.1, 0.15) is 42.3 Å². The first kappa shape index (κ1) is 69.2. The zero-order valence-electron chi connectivity index (χ0n) is 48.1. The molecule has 7 atom stereocenters. The van der Waals surface area contributed by atoms with Crippen molar-refractivity contribution >= 4 is 53.3 Å². The number of aliphatic hydroxyl groups is 1. The number of aliphatic carboxylic acids is 1. The lowest BCUT2D eigenvalue weighted by molar-refractivity contribution is -0.150. The number of amides is 7. The van der Waals surface area contributed by atoms with Crippen LogP contribution in [0.1, 0.15) is 182 Å².